The molecule has 1 atom stereocenters. The highest BCUT2D eigenvalue weighted by Gasteiger charge is 2.28. The summed E-state index contributed by atoms with van der Waals surface area (Å²) >= 11 is 0. The maximum Gasteiger partial charge on any atom is 0.339 e. The topological polar surface area (TPSA) is 69.0 Å². The van der Waals surface area contributed by atoms with Gasteiger partial charge < -0.3 is 18.8 Å². The van der Waals surface area contributed by atoms with E-state index in [1.807, 2.05) is 31.2 Å². The molecule has 3 rings (SSSR count). The normalized spacial score (nSPS) is 16.7. The van der Waals surface area contributed by atoms with Crippen molar-refractivity contribution in [2.75, 3.05) is 19.7 Å². The molecular weight excluding hydrogens is 322 g/mol. The van der Waals surface area contributed by atoms with Crippen LogP contribution in [-0.4, -0.2) is 36.6 Å². The molecule has 25 heavy (non-hydrogen) atoms. The van der Waals surface area contributed by atoms with Gasteiger partial charge >= 0.3 is 5.63 Å². The molecule has 2 heterocycles. The number of hydrogen-bond donors (Lipinski definition) is 0. The van der Waals surface area contributed by atoms with E-state index in [9.17, 15) is 9.59 Å². The van der Waals surface area contributed by atoms with Crippen molar-refractivity contribution in [2.45, 2.75) is 26.4 Å². The van der Waals surface area contributed by atoms with E-state index in [0.29, 0.717) is 30.3 Å². The van der Waals surface area contributed by atoms with Gasteiger partial charge in [0.25, 0.3) is 5.91 Å². The van der Waals surface area contributed by atoms with Crippen LogP contribution in [0.15, 0.2) is 45.6 Å². The third kappa shape index (κ3) is 4.41. The van der Waals surface area contributed by atoms with Crippen LogP contribution in [0.2, 0.25) is 0 Å². The first-order chi connectivity index (χ1) is 12.0. The quantitative estimate of drug-likeness (QED) is 0.833. The first kappa shape index (κ1) is 17.1. The lowest BCUT2D eigenvalue weighted by molar-refractivity contribution is -0.132. The summed E-state index contributed by atoms with van der Waals surface area (Å²) in [6, 6.07) is 10.6. The molecule has 2 aromatic rings. The number of likely N-dealkylation sites (tertiary alicyclic amines) is 1. The number of rotatable bonds is 5. The Morgan fingerprint density at radius 1 is 1.28 bits per heavy atom. The minimum Gasteiger partial charge on any atom is -0.488 e. The van der Waals surface area contributed by atoms with Crippen molar-refractivity contribution >= 4 is 5.91 Å². The maximum atomic E-state index is 12.3. The summed E-state index contributed by atoms with van der Waals surface area (Å²) < 4.78 is 16.3. The van der Waals surface area contributed by atoms with Crippen molar-refractivity contribution in [3.05, 3.63) is 58.1 Å². The van der Waals surface area contributed by atoms with Crippen molar-refractivity contribution in [1.82, 2.24) is 4.90 Å². The number of para-hydroxylation sites is 1. The molecule has 0 radical (unpaired) electrons. The first-order valence-corrected chi connectivity index (χ1v) is 8.26. The molecule has 6 nitrogen and oxygen atoms in total. The second-order valence-corrected chi connectivity index (χ2v) is 6.15. The van der Waals surface area contributed by atoms with Crippen molar-refractivity contribution in [1.29, 1.82) is 0 Å². The molecule has 0 spiro atoms. The fourth-order valence-corrected chi connectivity index (χ4v) is 2.84. The highest BCUT2D eigenvalue weighted by molar-refractivity contribution is 5.78. The van der Waals surface area contributed by atoms with E-state index in [0.717, 1.165) is 12.0 Å². The SMILES string of the molecule is Cc1cc(O[C@@H]2CCN(C(=O)COc3ccccc3C)C2)cc(=O)o1. The Bertz CT molecular complexity index is 813. The molecule has 0 saturated carbocycles. The van der Waals surface area contributed by atoms with E-state index in [1.165, 1.54) is 6.07 Å². The third-order valence-corrected chi connectivity index (χ3v) is 4.11. The molecule has 0 N–H and O–H groups in total. The Morgan fingerprint density at radius 3 is 2.84 bits per heavy atom. The molecule has 1 aliphatic rings. The molecular formula is C19H21NO5. The minimum absolute atomic E-state index is 0.00556. The smallest absolute Gasteiger partial charge is 0.339 e. The Hall–Kier alpha value is -2.76. The zero-order valence-corrected chi connectivity index (χ0v) is 14.4. The Morgan fingerprint density at radius 2 is 2.08 bits per heavy atom. The lowest BCUT2D eigenvalue weighted by Gasteiger charge is -2.18. The number of carbonyl (C=O) groups excluding carboxylic acids is 1. The molecule has 1 aromatic heterocycles. The van der Waals surface area contributed by atoms with Gasteiger partial charge in [-0.05, 0) is 25.5 Å². The van der Waals surface area contributed by atoms with Crippen LogP contribution in [-0.2, 0) is 4.79 Å². The molecule has 1 aliphatic heterocycles. The van der Waals surface area contributed by atoms with Gasteiger partial charge in [-0.25, -0.2) is 4.79 Å². The van der Waals surface area contributed by atoms with Crippen LogP contribution in [0.4, 0.5) is 0 Å². The van der Waals surface area contributed by atoms with E-state index in [1.54, 1.807) is 17.9 Å². The van der Waals surface area contributed by atoms with Gasteiger partial charge in [0.15, 0.2) is 6.61 Å². The van der Waals surface area contributed by atoms with Crippen LogP contribution in [0.3, 0.4) is 0 Å². The lowest BCUT2D eigenvalue weighted by atomic mass is 10.2. The number of aryl methyl sites for hydroxylation is 2. The molecule has 0 bridgehead atoms. The van der Waals surface area contributed by atoms with Gasteiger partial charge in [0.1, 0.15) is 23.4 Å². The fraction of sp³-hybridized carbons (Fsp3) is 0.368. The highest BCUT2D eigenvalue weighted by atomic mass is 16.5. The van der Waals surface area contributed by atoms with Gasteiger partial charge in [-0.3, -0.25) is 4.79 Å². The largest absolute Gasteiger partial charge is 0.488 e. The highest BCUT2D eigenvalue weighted by Crippen LogP contribution is 2.19. The van der Waals surface area contributed by atoms with Gasteiger partial charge in [0.2, 0.25) is 0 Å². The minimum atomic E-state index is -0.437. The number of benzene rings is 1. The summed E-state index contributed by atoms with van der Waals surface area (Å²) in [5, 5.41) is 0. The molecule has 132 valence electrons. The standard InChI is InChI=1S/C19H21NO5/c1-13-5-3-4-6-17(13)23-12-18(21)20-8-7-15(11-20)25-16-9-14(2)24-19(22)10-16/h3-6,9-10,15H,7-8,11-12H2,1-2H3/t15-/m1/s1. The average Bonchev–Trinajstić information content (AvgIpc) is 3.01. The predicted molar refractivity (Wildman–Crippen MR) is 92.0 cm³/mol. The summed E-state index contributed by atoms with van der Waals surface area (Å²) in [5.41, 5.74) is 0.559. The Balaban J connectivity index is 1.52. The van der Waals surface area contributed by atoms with E-state index < -0.39 is 5.63 Å². The average molecular weight is 343 g/mol. The summed E-state index contributed by atoms with van der Waals surface area (Å²) in [4.78, 5) is 25.4. The molecule has 0 aliphatic carbocycles. The lowest BCUT2D eigenvalue weighted by Crippen LogP contribution is -2.34. The summed E-state index contributed by atoms with van der Waals surface area (Å²) in [6.07, 6.45) is 0.582. The van der Waals surface area contributed by atoms with E-state index in [2.05, 4.69) is 0 Å². The monoisotopic (exact) mass is 343 g/mol. The van der Waals surface area contributed by atoms with Crippen LogP contribution in [0.25, 0.3) is 0 Å². The number of amides is 1. The summed E-state index contributed by atoms with van der Waals surface area (Å²) in [6.45, 7) is 4.74. The number of nitrogens with zero attached hydrogens (tertiary/aromatic N) is 1. The Labute approximate surface area is 146 Å². The number of carbonyl (C=O) groups is 1. The number of hydrogen-bond acceptors (Lipinski definition) is 5. The van der Waals surface area contributed by atoms with Gasteiger partial charge in [-0.1, -0.05) is 18.2 Å². The van der Waals surface area contributed by atoms with E-state index >= 15 is 0 Å². The molecule has 1 fully saturated rings. The summed E-state index contributed by atoms with van der Waals surface area (Å²) in [5.74, 6) is 1.62. The Kier molecular flexibility index (Phi) is 5.07. The second-order valence-electron chi connectivity index (χ2n) is 6.15. The first-order valence-electron chi connectivity index (χ1n) is 8.26. The molecule has 1 saturated heterocycles. The van der Waals surface area contributed by atoms with Crippen molar-refractivity contribution in [2.24, 2.45) is 0 Å². The van der Waals surface area contributed by atoms with Crippen LogP contribution >= 0.6 is 0 Å². The van der Waals surface area contributed by atoms with E-state index in [-0.39, 0.29) is 18.6 Å². The maximum absolute atomic E-state index is 12.3. The second kappa shape index (κ2) is 7.42. The molecule has 6 heteroatoms. The third-order valence-electron chi connectivity index (χ3n) is 4.11. The van der Waals surface area contributed by atoms with Crippen molar-refractivity contribution in [3.8, 4) is 11.5 Å². The van der Waals surface area contributed by atoms with Crippen molar-refractivity contribution in [3.63, 3.8) is 0 Å². The zero-order valence-electron chi connectivity index (χ0n) is 14.4. The molecule has 1 amide bonds. The van der Waals surface area contributed by atoms with Gasteiger partial charge in [-0.15, -0.1) is 0 Å². The zero-order chi connectivity index (χ0) is 17.8. The number of ether oxygens (including phenoxy) is 2. The summed E-state index contributed by atoms with van der Waals surface area (Å²) in [7, 11) is 0. The fourth-order valence-electron chi connectivity index (χ4n) is 2.84. The van der Waals surface area contributed by atoms with Crippen LogP contribution < -0.4 is 15.1 Å². The van der Waals surface area contributed by atoms with Crippen molar-refractivity contribution < 1.29 is 18.7 Å². The molecule has 0 unspecified atom stereocenters. The van der Waals surface area contributed by atoms with Crippen LogP contribution in [0.1, 0.15) is 17.7 Å². The van der Waals surface area contributed by atoms with Crippen LogP contribution in [0, 0.1) is 13.8 Å². The van der Waals surface area contributed by atoms with Crippen LogP contribution in [0.5, 0.6) is 11.5 Å². The molecule has 1 aromatic carbocycles. The van der Waals surface area contributed by atoms with E-state index in [4.69, 9.17) is 13.9 Å². The van der Waals surface area contributed by atoms with Gasteiger partial charge in [-0.2, -0.15) is 0 Å². The van der Waals surface area contributed by atoms with Gasteiger partial charge in [0, 0.05) is 19.0 Å². The van der Waals surface area contributed by atoms with Gasteiger partial charge in [0.05, 0.1) is 12.6 Å². The predicted octanol–water partition coefficient (Wildman–Crippen LogP) is 2.32.